The van der Waals surface area contributed by atoms with Crippen LogP contribution < -0.4 is 0 Å². The quantitative estimate of drug-likeness (QED) is 0.596. The number of aliphatic hydroxyl groups excluding tert-OH is 3. The second-order valence-corrected chi connectivity index (χ2v) is 7.86. The molecule has 3 N–H and O–H groups in total. The van der Waals surface area contributed by atoms with Gasteiger partial charge in [0.2, 0.25) is 0 Å². The molecule has 0 bridgehead atoms. The minimum atomic E-state index is -0.717. The largest absolute Gasteiger partial charge is 0.392 e. The van der Waals surface area contributed by atoms with Crippen LogP contribution in [0.4, 0.5) is 0 Å². The van der Waals surface area contributed by atoms with Crippen LogP contribution in [0.15, 0.2) is 12.2 Å². The Kier molecular flexibility index (Phi) is 3.14. The maximum absolute atomic E-state index is 11.2. The van der Waals surface area contributed by atoms with Gasteiger partial charge in [-0.2, -0.15) is 0 Å². The van der Waals surface area contributed by atoms with Gasteiger partial charge >= 0.3 is 0 Å². The van der Waals surface area contributed by atoms with Crippen molar-refractivity contribution in [1.29, 1.82) is 0 Å². The number of fused-ring (bicyclic) bond motifs is 1. The monoisotopic (exact) mass is 280 g/mol. The fourth-order valence-corrected chi connectivity index (χ4v) is 5.64. The number of aliphatic hydroxyl groups is 3. The molecule has 20 heavy (non-hydrogen) atoms. The second-order valence-electron chi connectivity index (χ2n) is 7.86. The molecule has 3 fully saturated rings. The Morgan fingerprint density at radius 3 is 2.35 bits per heavy atom. The van der Waals surface area contributed by atoms with Crippen LogP contribution in [0.5, 0.6) is 0 Å². The molecule has 0 amide bonds. The van der Waals surface area contributed by atoms with Crippen LogP contribution in [0.3, 0.4) is 0 Å². The molecule has 0 aromatic heterocycles. The summed E-state index contributed by atoms with van der Waals surface area (Å²) in [6, 6.07) is 0. The Balaban J connectivity index is 2.07. The van der Waals surface area contributed by atoms with Gasteiger partial charge in [0.1, 0.15) is 0 Å². The molecule has 0 aliphatic heterocycles. The molecule has 0 aromatic carbocycles. The Morgan fingerprint density at radius 2 is 1.80 bits per heavy atom. The first-order valence-corrected chi connectivity index (χ1v) is 7.98. The molecule has 3 saturated carbocycles. The zero-order valence-corrected chi connectivity index (χ0v) is 12.8. The molecule has 3 heteroatoms. The summed E-state index contributed by atoms with van der Waals surface area (Å²) in [6.07, 6.45) is 1.57. The summed E-state index contributed by atoms with van der Waals surface area (Å²) >= 11 is 0. The summed E-state index contributed by atoms with van der Waals surface area (Å²) in [5.41, 5.74) is 0.584. The van der Waals surface area contributed by atoms with E-state index in [4.69, 9.17) is 0 Å². The zero-order chi connectivity index (χ0) is 14.9. The summed E-state index contributed by atoms with van der Waals surface area (Å²) in [5, 5.41) is 31.8. The highest BCUT2D eigenvalue weighted by molar-refractivity contribution is 5.28. The average Bonchev–Trinajstić information content (AvgIpc) is 2.82. The topological polar surface area (TPSA) is 60.7 Å². The standard InChI is InChI=1S/C17H28O3/c1-9-5-6-10(2)17(9)8-12-14(19)13(18)7-11(3)16(12,4)15(17)20/h10-15,18-20H,1,5-8H2,2-4H3/t10-,11-,12-,13-,14+,15-,16+,17+/m1/s1. The molecule has 3 nitrogen and oxygen atoms in total. The molecule has 0 aromatic rings. The first kappa shape index (κ1) is 14.6. The van der Waals surface area contributed by atoms with Crippen molar-refractivity contribution in [2.75, 3.05) is 0 Å². The van der Waals surface area contributed by atoms with Gasteiger partial charge in [-0.3, -0.25) is 0 Å². The van der Waals surface area contributed by atoms with Crippen molar-refractivity contribution in [3.63, 3.8) is 0 Å². The average molecular weight is 280 g/mol. The summed E-state index contributed by atoms with van der Waals surface area (Å²) in [6.45, 7) is 10.7. The van der Waals surface area contributed by atoms with Crippen molar-refractivity contribution in [3.05, 3.63) is 12.2 Å². The van der Waals surface area contributed by atoms with Gasteiger partial charge in [-0.1, -0.05) is 32.9 Å². The lowest BCUT2D eigenvalue weighted by Crippen LogP contribution is -2.54. The number of hydrogen-bond acceptors (Lipinski definition) is 3. The Bertz CT molecular complexity index is 434. The molecule has 0 saturated heterocycles. The third kappa shape index (κ3) is 1.47. The molecule has 114 valence electrons. The summed E-state index contributed by atoms with van der Waals surface area (Å²) < 4.78 is 0. The maximum Gasteiger partial charge on any atom is 0.0833 e. The van der Waals surface area contributed by atoms with Crippen molar-refractivity contribution >= 4 is 0 Å². The van der Waals surface area contributed by atoms with Gasteiger partial charge in [0.05, 0.1) is 18.3 Å². The molecule has 3 rings (SSSR count). The van der Waals surface area contributed by atoms with Crippen molar-refractivity contribution in [2.24, 2.45) is 28.6 Å². The minimum Gasteiger partial charge on any atom is -0.392 e. The third-order valence-corrected chi connectivity index (χ3v) is 7.31. The van der Waals surface area contributed by atoms with Crippen LogP contribution in [0, 0.1) is 28.6 Å². The Labute approximate surface area is 121 Å². The van der Waals surface area contributed by atoms with Crippen LogP contribution in [0.2, 0.25) is 0 Å². The number of rotatable bonds is 0. The highest BCUT2D eigenvalue weighted by atomic mass is 16.3. The van der Waals surface area contributed by atoms with Crippen LogP contribution >= 0.6 is 0 Å². The maximum atomic E-state index is 11.2. The van der Waals surface area contributed by atoms with E-state index in [0.717, 1.165) is 24.8 Å². The fourth-order valence-electron chi connectivity index (χ4n) is 5.64. The van der Waals surface area contributed by atoms with Crippen LogP contribution in [-0.2, 0) is 0 Å². The van der Waals surface area contributed by atoms with Crippen molar-refractivity contribution < 1.29 is 15.3 Å². The first-order chi connectivity index (χ1) is 9.26. The van der Waals surface area contributed by atoms with Gasteiger partial charge in [0.15, 0.2) is 0 Å². The highest BCUT2D eigenvalue weighted by Crippen LogP contribution is 2.68. The minimum absolute atomic E-state index is 0.0338. The molecule has 0 radical (unpaired) electrons. The molecule has 3 aliphatic carbocycles. The Morgan fingerprint density at radius 1 is 1.15 bits per heavy atom. The van der Waals surface area contributed by atoms with Crippen molar-refractivity contribution in [3.8, 4) is 0 Å². The predicted molar refractivity (Wildman–Crippen MR) is 78.0 cm³/mol. The van der Waals surface area contributed by atoms with E-state index >= 15 is 0 Å². The molecule has 0 unspecified atom stereocenters. The SMILES string of the molecule is C=C1CC[C@@H](C)[C@]12C[C@@H]1[C@H](O)[C@H](O)C[C@@H](C)[C@]1(C)[C@H]2O. The lowest BCUT2D eigenvalue weighted by molar-refractivity contribution is -0.142. The summed E-state index contributed by atoms with van der Waals surface area (Å²) in [5.74, 6) is 0.582. The van der Waals surface area contributed by atoms with E-state index in [2.05, 4.69) is 27.4 Å². The molecule has 1 spiro atoms. The molecule has 8 atom stereocenters. The summed E-state index contributed by atoms with van der Waals surface area (Å²) in [4.78, 5) is 0. The normalized spacial score (nSPS) is 59.2. The lowest BCUT2D eigenvalue weighted by Gasteiger charge is -2.49. The smallest absolute Gasteiger partial charge is 0.0833 e. The van der Waals surface area contributed by atoms with Gasteiger partial charge in [-0.25, -0.2) is 0 Å². The number of hydrogen-bond donors (Lipinski definition) is 3. The van der Waals surface area contributed by atoms with E-state index in [1.807, 2.05) is 0 Å². The van der Waals surface area contributed by atoms with E-state index in [-0.39, 0.29) is 22.7 Å². The van der Waals surface area contributed by atoms with E-state index in [9.17, 15) is 15.3 Å². The lowest BCUT2D eigenvalue weighted by atomic mass is 9.59. The van der Waals surface area contributed by atoms with Gasteiger partial charge in [-0.15, -0.1) is 0 Å². The van der Waals surface area contributed by atoms with E-state index < -0.39 is 18.3 Å². The molecular formula is C17H28O3. The van der Waals surface area contributed by atoms with Crippen LogP contribution in [0.1, 0.15) is 46.5 Å². The molecule has 0 heterocycles. The fraction of sp³-hybridized carbons (Fsp3) is 0.882. The summed E-state index contributed by atoms with van der Waals surface area (Å²) in [7, 11) is 0. The van der Waals surface area contributed by atoms with Gasteiger partial charge < -0.3 is 15.3 Å². The van der Waals surface area contributed by atoms with Crippen molar-refractivity contribution in [2.45, 2.75) is 64.8 Å². The van der Waals surface area contributed by atoms with Crippen LogP contribution in [-0.4, -0.2) is 33.6 Å². The molecular weight excluding hydrogens is 252 g/mol. The van der Waals surface area contributed by atoms with Crippen LogP contribution in [0.25, 0.3) is 0 Å². The van der Waals surface area contributed by atoms with Crippen molar-refractivity contribution in [1.82, 2.24) is 0 Å². The van der Waals surface area contributed by atoms with Gasteiger partial charge in [0.25, 0.3) is 0 Å². The first-order valence-electron chi connectivity index (χ1n) is 7.98. The zero-order valence-electron chi connectivity index (χ0n) is 12.8. The Hall–Kier alpha value is -0.380. The molecule has 3 aliphatic rings. The van der Waals surface area contributed by atoms with E-state index in [1.54, 1.807) is 0 Å². The van der Waals surface area contributed by atoms with Gasteiger partial charge in [0, 0.05) is 10.8 Å². The third-order valence-electron chi connectivity index (χ3n) is 7.31. The second kappa shape index (κ2) is 4.31. The van der Waals surface area contributed by atoms with Gasteiger partial charge in [-0.05, 0) is 43.4 Å². The highest BCUT2D eigenvalue weighted by Gasteiger charge is 2.68. The predicted octanol–water partition coefficient (Wildman–Crippen LogP) is 2.11. The van der Waals surface area contributed by atoms with E-state index in [1.165, 1.54) is 0 Å². The van der Waals surface area contributed by atoms with E-state index in [0.29, 0.717) is 12.3 Å².